The molecule has 0 spiro atoms. The third kappa shape index (κ3) is 7.85. The van der Waals surface area contributed by atoms with Crippen LogP contribution in [0.15, 0.2) is 54.6 Å². The number of aryl methyl sites for hydroxylation is 1. The van der Waals surface area contributed by atoms with E-state index in [1.54, 1.807) is 0 Å². The Bertz CT molecular complexity index is 750. The molecule has 144 valence electrons. The van der Waals surface area contributed by atoms with Crippen LogP contribution in [-0.4, -0.2) is 44.0 Å². The first-order chi connectivity index (χ1) is 12.9. The highest BCUT2D eigenvalue weighted by atomic mass is 32.2. The average Bonchev–Trinajstić information content (AvgIpc) is 2.61. The lowest BCUT2D eigenvalue weighted by molar-refractivity contribution is -0.860. The van der Waals surface area contributed by atoms with Crippen LogP contribution >= 0.6 is 11.8 Å². The Hall–Kier alpha value is -2.31. The highest BCUT2D eigenvalue weighted by molar-refractivity contribution is 8.00. The summed E-state index contributed by atoms with van der Waals surface area (Å²) in [6.07, 6.45) is 0. The van der Waals surface area contributed by atoms with Crippen molar-refractivity contribution in [2.24, 2.45) is 0 Å². The van der Waals surface area contributed by atoms with E-state index in [2.05, 4.69) is 24.7 Å². The maximum Gasteiger partial charge on any atom is 0.234 e. The van der Waals surface area contributed by atoms with Gasteiger partial charge >= 0.3 is 0 Å². The smallest absolute Gasteiger partial charge is 0.234 e. The SMILES string of the molecule is Cc1cccc(NC(=O)CSCC(=O)N[C@H](C[NH+](C)C)c2ccccc2)c1. The van der Waals surface area contributed by atoms with Gasteiger partial charge in [-0.25, -0.2) is 0 Å². The van der Waals surface area contributed by atoms with E-state index in [9.17, 15) is 9.59 Å². The van der Waals surface area contributed by atoms with Crippen molar-refractivity contribution in [2.45, 2.75) is 13.0 Å². The molecule has 0 aliphatic rings. The molecule has 6 heteroatoms. The number of carbonyl (C=O) groups is 2. The summed E-state index contributed by atoms with van der Waals surface area (Å²) in [6, 6.07) is 17.6. The third-order valence-electron chi connectivity index (χ3n) is 3.92. The average molecular weight is 387 g/mol. The maximum atomic E-state index is 12.3. The van der Waals surface area contributed by atoms with Crippen LogP contribution in [0.5, 0.6) is 0 Å². The van der Waals surface area contributed by atoms with Crippen molar-refractivity contribution in [2.75, 3.05) is 37.5 Å². The van der Waals surface area contributed by atoms with Crippen molar-refractivity contribution in [1.82, 2.24) is 5.32 Å². The Labute approximate surface area is 165 Å². The summed E-state index contributed by atoms with van der Waals surface area (Å²) in [5.74, 6) is 0.345. The number of anilines is 1. The van der Waals surface area contributed by atoms with Gasteiger partial charge in [0.1, 0.15) is 12.6 Å². The molecule has 2 rings (SSSR count). The number of thioether (sulfide) groups is 1. The zero-order valence-electron chi connectivity index (χ0n) is 16.1. The highest BCUT2D eigenvalue weighted by Gasteiger charge is 2.17. The zero-order chi connectivity index (χ0) is 19.6. The van der Waals surface area contributed by atoms with Gasteiger partial charge in [-0.2, -0.15) is 0 Å². The number of amides is 2. The first kappa shape index (κ1) is 21.0. The molecule has 0 fully saturated rings. The topological polar surface area (TPSA) is 62.6 Å². The van der Waals surface area contributed by atoms with Crippen molar-refractivity contribution < 1.29 is 14.5 Å². The van der Waals surface area contributed by atoms with Crippen LogP contribution in [0.2, 0.25) is 0 Å². The van der Waals surface area contributed by atoms with Crippen LogP contribution in [0.1, 0.15) is 17.2 Å². The Morgan fingerprint density at radius 1 is 1.00 bits per heavy atom. The molecule has 2 amide bonds. The van der Waals surface area contributed by atoms with E-state index in [-0.39, 0.29) is 29.4 Å². The summed E-state index contributed by atoms with van der Waals surface area (Å²) in [5.41, 5.74) is 2.96. The van der Waals surface area contributed by atoms with E-state index in [0.717, 1.165) is 23.4 Å². The van der Waals surface area contributed by atoms with E-state index in [1.165, 1.54) is 16.7 Å². The van der Waals surface area contributed by atoms with E-state index < -0.39 is 0 Å². The number of benzene rings is 2. The Kier molecular flexibility index (Phi) is 8.36. The van der Waals surface area contributed by atoms with Gasteiger partial charge in [-0.05, 0) is 30.2 Å². The normalized spacial score (nSPS) is 11.9. The molecule has 27 heavy (non-hydrogen) atoms. The molecule has 0 heterocycles. The van der Waals surface area contributed by atoms with Crippen LogP contribution in [-0.2, 0) is 9.59 Å². The molecule has 0 aliphatic carbocycles. The van der Waals surface area contributed by atoms with Crippen LogP contribution in [0.4, 0.5) is 5.69 Å². The molecule has 1 atom stereocenters. The van der Waals surface area contributed by atoms with Crippen molar-refractivity contribution in [3.8, 4) is 0 Å². The monoisotopic (exact) mass is 386 g/mol. The van der Waals surface area contributed by atoms with E-state index in [0.29, 0.717) is 0 Å². The molecule has 2 aromatic rings. The molecule has 3 N–H and O–H groups in total. The molecule has 5 nitrogen and oxygen atoms in total. The second-order valence-electron chi connectivity index (χ2n) is 6.85. The number of rotatable bonds is 9. The molecule has 0 unspecified atom stereocenters. The predicted molar refractivity (Wildman–Crippen MR) is 112 cm³/mol. The van der Waals surface area contributed by atoms with Crippen molar-refractivity contribution in [3.05, 3.63) is 65.7 Å². The third-order valence-corrected chi connectivity index (χ3v) is 4.85. The maximum absolute atomic E-state index is 12.3. The van der Waals surface area contributed by atoms with E-state index in [1.807, 2.05) is 61.5 Å². The summed E-state index contributed by atoms with van der Waals surface area (Å²) >= 11 is 1.32. The Balaban J connectivity index is 1.79. The molecular formula is C21H28N3O2S+. The molecule has 0 bridgehead atoms. The van der Waals surface area contributed by atoms with Gasteiger partial charge in [0.25, 0.3) is 0 Å². The quantitative estimate of drug-likeness (QED) is 0.614. The van der Waals surface area contributed by atoms with E-state index >= 15 is 0 Å². The second-order valence-corrected chi connectivity index (χ2v) is 7.84. The molecule has 0 saturated heterocycles. The van der Waals surface area contributed by atoms with Crippen LogP contribution < -0.4 is 15.5 Å². The lowest BCUT2D eigenvalue weighted by Crippen LogP contribution is -3.06. The van der Waals surface area contributed by atoms with Gasteiger partial charge in [0, 0.05) is 5.69 Å². The van der Waals surface area contributed by atoms with Crippen molar-refractivity contribution in [3.63, 3.8) is 0 Å². The summed E-state index contributed by atoms with van der Waals surface area (Å²) in [7, 11) is 4.12. The summed E-state index contributed by atoms with van der Waals surface area (Å²) in [6.45, 7) is 2.78. The lowest BCUT2D eigenvalue weighted by atomic mass is 10.1. The number of carbonyl (C=O) groups excluding carboxylic acids is 2. The number of nitrogens with one attached hydrogen (secondary N) is 3. The summed E-state index contributed by atoms with van der Waals surface area (Å²) in [4.78, 5) is 25.6. The second kappa shape index (κ2) is 10.7. The number of hydrogen-bond donors (Lipinski definition) is 3. The van der Waals surface area contributed by atoms with Gasteiger partial charge in [-0.3, -0.25) is 9.59 Å². The molecule has 2 aromatic carbocycles. The molecule has 0 radical (unpaired) electrons. The fourth-order valence-corrected chi connectivity index (χ4v) is 3.37. The fraction of sp³-hybridized carbons (Fsp3) is 0.333. The minimum atomic E-state index is -0.101. The molecule has 0 saturated carbocycles. The van der Waals surface area contributed by atoms with Gasteiger partial charge in [-0.15, -0.1) is 11.8 Å². The molecule has 0 aliphatic heterocycles. The van der Waals surface area contributed by atoms with Gasteiger partial charge in [0.05, 0.1) is 25.6 Å². The van der Waals surface area contributed by atoms with Crippen LogP contribution in [0.25, 0.3) is 0 Å². The number of likely N-dealkylation sites (N-methyl/N-ethyl adjacent to an activating group) is 1. The Morgan fingerprint density at radius 3 is 2.37 bits per heavy atom. The Morgan fingerprint density at radius 2 is 1.70 bits per heavy atom. The van der Waals surface area contributed by atoms with Gasteiger partial charge in [0.2, 0.25) is 11.8 Å². The number of hydrogen-bond acceptors (Lipinski definition) is 3. The largest absolute Gasteiger partial charge is 0.343 e. The van der Waals surface area contributed by atoms with Crippen molar-refractivity contribution in [1.29, 1.82) is 0 Å². The summed E-state index contributed by atoms with van der Waals surface area (Å²) < 4.78 is 0. The minimum Gasteiger partial charge on any atom is -0.343 e. The predicted octanol–water partition coefficient (Wildman–Crippen LogP) is 1.67. The standard InChI is InChI=1S/C21H27N3O2S/c1-16-8-7-11-18(12-16)22-20(25)14-27-15-21(26)23-19(13-24(2)3)17-9-5-4-6-10-17/h4-12,19H,13-15H2,1-3H3,(H,22,25)(H,23,26)/p+1/t19-/m1/s1. The first-order valence-corrected chi connectivity index (χ1v) is 10.2. The first-order valence-electron chi connectivity index (χ1n) is 9.01. The van der Waals surface area contributed by atoms with Crippen LogP contribution in [0.3, 0.4) is 0 Å². The molecular weight excluding hydrogens is 358 g/mol. The summed E-state index contributed by atoms with van der Waals surface area (Å²) in [5, 5.41) is 5.94. The lowest BCUT2D eigenvalue weighted by Gasteiger charge is -2.20. The molecule has 0 aromatic heterocycles. The van der Waals surface area contributed by atoms with Gasteiger partial charge in [-0.1, -0.05) is 42.5 Å². The number of quaternary nitrogens is 1. The zero-order valence-corrected chi connectivity index (χ0v) is 16.9. The van der Waals surface area contributed by atoms with Crippen LogP contribution in [0, 0.1) is 6.92 Å². The van der Waals surface area contributed by atoms with E-state index in [4.69, 9.17) is 0 Å². The minimum absolute atomic E-state index is 0.0366. The highest BCUT2D eigenvalue weighted by Crippen LogP contribution is 2.12. The fourth-order valence-electron chi connectivity index (χ4n) is 2.74. The van der Waals surface area contributed by atoms with Crippen molar-refractivity contribution >= 4 is 29.3 Å². The van der Waals surface area contributed by atoms with Gasteiger partial charge < -0.3 is 15.5 Å². The van der Waals surface area contributed by atoms with Gasteiger partial charge in [0.15, 0.2) is 0 Å².